The molecule has 3 heteroatoms. The molecule has 0 radical (unpaired) electrons. The fourth-order valence-corrected chi connectivity index (χ4v) is 4.87. The lowest BCUT2D eigenvalue weighted by Crippen LogP contribution is -2.31. The van der Waals surface area contributed by atoms with Crippen molar-refractivity contribution in [2.24, 2.45) is 0 Å². The summed E-state index contributed by atoms with van der Waals surface area (Å²) in [7, 11) is -2.95. The van der Waals surface area contributed by atoms with E-state index in [2.05, 4.69) is 123 Å². The predicted octanol–water partition coefficient (Wildman–Crippen LogP) is 6.52. The number of para-hydroxylation sites is 1. The molecular weight excluding hydrogens is 346 g/mol. The Hall–Kier alpha value is -2.03. The van der Waals surface area contributed by atoms with Crippen molar-refractivity contribution in [3.05, 3.63) is 77.5 Å². The molecule has 0 aliphatic heterocycles. The van der Waals surface area contributed by atoms with Gasteiger partial charge in [-0.2, -0.15) is 0 Å². The summed E-state index contributed by atoms with van der Waals surface area (Å²) in [4.78, 5) is 0. The Balaban J connectivity index is 2.51. The maximum atomic E-state index is 3.76. The lowest BCUT2D eigenvalue weighted by molar-refractivity contribution is 0.952. The van der Waals surface area contributed by atoms with Crippen LogP contribution < -0.4 is 5.32 Å². The number of allylic oxidation sites excluding steroid dienone is 1. The van der Waals surface area contributed by atoms with Crippen molar-refractivity contribution in [2.75, 3.05) is 5.32 Å². The minimum atomic E-state index is -1.57. The summed E-state index contributed by atoms with van der Waals surface area (Å²) in [6, 6.07) is 21.3. The second-order valence-corrected chi connectivity index (χ2v) is 18.6. The van der Waals surface area contributed by atoms with Gasteiger partial charge in [-0.25, -0.2) is 0 Å². The molecule has 136 valence electrons. The van der Waals surface area contributed by atoms with Crippen molar-refractivity contribution in [3.63, 3.8) is 0 Å². The van der Waals surface area contributed by atoms with Crippen LogP contribution in [0.4, 0.5) is 5.69 Å². The molecule has 0 spiro atoms. The second-order valence-electron chi connectivity index (χ2n) is 8.72. The molecule has 0 bridgehead atoms. The van der Waals surface area contributed by atoms with E-state index >= 15 is 0 Å². The van der Waals surface area contributed by atoms with Crippen LogP contribution in [0.15, 0.2) is 71.9 Å². The Morgan fingerprint density at radius 3 is 1.88 bits per heavy atom. The third-order valence-electron chi connectivity index (χ3n) is 4.07. The summed E-state index contributed by atoms with van der Waals surface area (Å²) in [6.07, 6.45) is 2.21. The van der Waals surface area contributed by atoms with Crippen LogP contribution in [0.25, 0.3) is 0 Å². The van der Waals surface area contributed by atoms with Crippen molar-refractivity contribution in [1.82, 2.24) is 0 Å². The Morgan fingerprint density at radius 1 is 0.846 bits per heavy atom. The SMILES string of the molecule is C[Si](C)(C)C#C/C=C(/[C@@H](Nc1ccccc1)c1ccccc1)[Si](C)(C)C. The van der Waals surface area contributed by atoms with Gasteiger partial charge >= 0.3 is 0 Å². The summed E-state index contributed by atoms with van der Waals surface area (Å²) >= 11 is 0. The molecule has 0 saturated heterocycles. The highest BCUT2D eigenvalue weighted by Crippen LogP contribution is 2.32. The molecular formula is C23H31NSi2. The smallest absolute Gasteiger partial charge is 0.129 e. The van der Waals surface area contributed by atoms with Gasteiger partial charge in [0, 0.05) is 5.69 Å². The Bertz CT molecular complexity index is 785. The quantitative estimate of drug-likeness (QED) is 0.462. The molecule has 0 aromatic heterocycles. The summed E-state index contributed by atoms with van der Waals surface area (Å²) in [5.41, 5.74) is 5.94. The van der Waals surface area contributed by atoms with Crippen LogP contribution in [-0.2, 0) is 0 Å². The standard InChI is InChI=1S/C23H31NSi2/c1-25(2,3)19-13-18-22(26(4,5)6)23(20-14-9-7-10-15-20)24-21-16-11-8-12-17-21/h7-12,14-18,23-24H,1-6H3/b22-18-/t23-/m0/s1. The van der Waals surface area contributed by atoms with E-state index in [0.29, 0.717) is 0 Å². The molecule has 0 heterocycles. The Labute approximate surface area is 161 Å². The number of hydrogen-bond acceptors (Lipinski definition) is 1. The van der Waals surface area contributed by atoms with Gasteiger partial charge in [-0.15, -0.1) is 5.54 Å². The number of nitrogens with one attached hydrogen (secondary N) is 1. The van der Waals surface area contributed by atoms with Gasteiger partial charge in [-0.3, -0.25) is 0 Å². The molecule has 0 fully saturated rings. The van der Waals surface area contributed by atoms with Crippen LogP contribution in [0.5, 0.6) is 0 Å². The number of hydrogen-bond donors (Lipinski definition) is 1. The third-order valence-corrected chi connectivity index (χ3v) is 7.13. The van der Waals surface area contributed by atoms with Crippen molar-refractivity contribution in [3.8, 4) is 11.5 Å². The highest BCUT2D eigenvalue weighted by molar-refractivity contribution is 6.84. The van der Waals surface area contributed by atoms with Gasteiger partial charge in [0.1, 0.15) is 8.07 Å². The van der Waals surface area contributed by atoms with Crippen molar-refractivity contribution in [2.45, 2.75) is 45.3 Å². The van der Waals surface area contributed by atoms with Crippen LogP contribution in [-0.4, -0.2) is 16.1 Å². The molecule has 26 heavy (non-hydrogen) atoms. The van der Waals surface area contributed by atoms with Crippen LogP contribution in [0.3, 0.4) is 0 Å². The molecule has 0 saturated carbocycles. The Kier molecular flexibility index (Phi) is 6.69. The van der Waals surface area contributed by atoms with Gasteiger partial charge in [0.25, 0.3) is 0 Å². The highest BCUT2D eigenvalue weighted by atomic mass is 28.3. The van der Waals surface area contributed by atoms with Gasteiger partial charge in [-0.1, -0.05) is 93.7 Å². The lowest BCUT2D eigenvalue weighted by atomic mass is 10.1. The number of rotatable bonds is 5. The van der Waals surface area contributed by atoms with Crippen molar-refractivity contribution < 1.29 is 0 Å². The monoisotopic (exact) mass is 377 g/mol. The van der Waals surface area contributed by atoms with E-state index in [1.807, 2.05) is 0 Å². The van der Waals surface area contributed by atoms with Crippen molar-refractivity contribution in [1.29, 1.82) is 0 Å². The first-order valence-electron chi connectivity index (χ1n) is 9.26. The zero-order chi connectivity index (χ0) is 19.2. The molecule has 0 unspecified atom stereocenters. The van der Waals surface area contributed by atoms with E-state index in [1.165, 1.54) is 10.8 Å². The first kappa shape index (κ1) is 20.3. The minimum Gasteiger partial charge on any atom is -0.375 e. The molecule has 0 amide bonds. The van der Waals surface area contributed by atoms with Gasteiger partial charge in [0.15, 0.2) is 0 Å². The molecule has 2 rings (SSSR count). The van der Waals surface area contributed by atoms with Crippen LogP contribution in [0.2, 0.25) is 39.3 Å². The van der Waals surface area contributed by atoms with Gasteiger partial charge in [0.2, 0.25) is 0 Å². The van der Waals surface area contributed by atoms with E-state index < -0.39 is 16.1 Å². The lowest BCUT2D eigenvalue weighted by Gasteiger charge is -2.31. The largest absolute Gasteiger partial charge is 0.375 e. The average Bonchev–Trinajstić information content (AvgIpc) is 2.57. The molecule has 1 N–H and O–H groups in total. The summed E-state index contributed by atoms with van der Waals surface area (Å²) < 4.78 is 0. The molecule has 1 atom stereocenters. The average molecular weight is 378 g/mol. The molecule has 1 nitrogen and oxygen atoms in total. The zero-order valence-corrected chi connectivity index (χ0v) is 18.9. The fraction of sp³-hybridized carbons (Fsp3) is 0.304. The second kappa shape index (κ2) is 8.57. The van der Waals surface area contributed by atoms with Gasteiger partial charge in [-0.05, 0) is 29.0 Å². The van der Waals surface area contributed by atoms with Gasteiger partial charge in [0.05, 0.1) is 14.1 Å². The topological polar surface area (TPSA) is 12.0 Å². The van der Waals surface area contributed by atoms with E-state index in [0.717, 1.165) is 5.69 Å². The molecule has 2 aromatic carbocycles. The molecule has 0 aliphatic rings. The van der Waals surface area contributed by atoms with Crippen LogP contribution in [0, 0.1) is 11.5 Å². The van der Waals surface area contributed by atoms with Gasteiger partial charge < -0.3 is 5.32 Å². The number of anilines is 1. The number of benzene rings is 2. The summed E-state index contributed by atoms with van der Waals surface area (Å²) in [6.45, 7) is 14.1. The normalized spacial score (nSPS) is 13.5. The van der Waals surface area contributed by atoms with Crippen LogP contribution in [0.1, 0.15) is 11.6 Å². The fourth-order valence-electron chi connectivity index (χ4n) is 2.75. The first-order valence-corrected chi connectivity index (χ1v) is 16.3. The molecule has 0 aliphatic carbocycles. The summed E-state index contributed by atoms with van der Waals surface area (Å²) in [5.74, 6) is 3.41. The van der Waals surface area contributed by atoms with E-state index in [-0.39, 0.29) is 6.04 Å². The third kappa shape index (κ3) is 6.36. The summed E-state index contributed by atoms with van der Waals surface area (Å²) in [5, 5.41) is 5.20. The Morgan fingerprint density at radius 2 is 1.38 bits per heavy atom. The zero-order valence-electron chi connectivity index (χ0n) is 16.9. The predicted molar refractivity (Wildman–Crippen MR) is 122 cm³/mol. The van der Waals surface area contributed by atoms with Crippen molar-refractivity contribution >= 4 is 21.8 Å². The van der Waals surface area contributed by atoms with E-state index in [1.54, 1.807) is 0 Å². The first-order chi connectivity index (χ1) is 12.2. The maximum absolute atomic E-state index is 3.76. The highest BCUT2D eigenvalue weighted by Gasteiger charge is 2.28. The van der Waals surface area contributed by atoms with E-state index in [4.69, 9.17) is 0 Å². The van der Waals surface area contributed by atoms with Crippen LogP contribution >= 0.6 is 0 Å². The maximum Gasteiger partial charge on any atom is 0.129 e. The van der Waals surface area contributed by atoms with E-state index in [9.17, 15) is 0 Å². The minimum absolute atomic E-state index is 0.154. The molecule has 2 aromatic rings.